The van der Waals surface area contributed by atoms with E-state index in [2.05, 4.69) is 21.2 Å². The topological polar surface area (TPSA) is 85.4 Å². The molecule has 0 saturated heterocycles. The highest BCUT2D eigenvalue weighted by molar-refractivity contribution is 9.10. The first-order chi connectivity index (χ1) is 9.79. The van der Waals surface area contributed by atoms with Gasteiger partial charge in [0.1, 0.15) is 4.92 Å². The van der Waals surface area contributed by atoms with Crippen molar-refractivity contribution >= 4 is 27.7 Å². The average molecular weight is 353 g/mol. The Morgan fingerprint density at radius 3 is 2.38 bits per heavy atom. The predicted molar refractivity (Wildman–Crippen MR) is 80.0 cm³/mol. The van der Waals surface area contributed by atoms with Gasteiger partial charge in [-0.3, -0.25) is 14.9 Å². The van der Waals surface area contributed by atoms with Crippen molar-refractivity contribution in [2.45, 2.75) is 19.4 Å². The van der Waals surface area contributed by atoms with Crippen LogP contribution in [0.5, 0.6) is 0 Å². The fourth-order valence-corrected chi connectivity index (χ4v) is 2.10. The van der Waals surface area contributed by atoms with E-state index in [9.17, 15) is 14.9 Å². The van der Waals surface area contributed by atoms with E-state index in [-0.39, 0.29) is 5.76 Å². The van der Waals surface area contributed by atoms with Gasteiger partial charge in [0.15, 0.2) is 5.76 Å². The van der Waals surface area contributed by atoms with Gasteiger partial charge in [0.05, 0.1) is 11.6 Å². The average Bonchev–Trinajstić information content (AvgIpc) is 2.88. The minimum Gasteiger partial charge on any atom is -0.395 e. The van der Waals surface area contributed by atoms with Crippen LogP contribution in [0.1, 0.15) is 30.0 Å². The van der Waals surface area contributed by atoms with Gasteiger partial charge in [-0.05, 0) is 37.6 Å². The summed E-state index contributed by atoms with van der Waals surface area (Å²) in [6.07, 6.45) is 0. The van der Waals surface area contributed by atoms with E-state index in [1.165, 1.54) is 6.07 Å². The van der Waals surface area contributed by atoms with Gasteiger partial charge in [-0.25, -0.2) is 0 Å². The maximum atomic E-state index is 12.1. The summed E-state index contributed by atoms with van der Waals surface area (Å²) in [4.78, 5) is 22.0. The predicted octanol–water partition coefficient (Wildman–Crippen LogP) is 3.62. The first-order valence-electron chi connectivity index (χ1n) is 6.12. The van der Waals surface area contributed by atoms with Crippen molar-refractivity contribution in [3.63, 3.8) is 0 Å². The number of amides is 1. The number of carbonyl (C=O) groups is 1. The molecule has 0 atom stereocenters. The van der Waals surface area contributed by atoms with Gasteiger partial charge >= 0.3 is 5.88 Å². The molecule has 6 nitrogen and oxygen atoms in total. The SMILES string of the molecule is CC(C)(NC(=O)c1ccc([N+](=O)[O-])o1)c1ccc(Br)cc1. The fourth-order valence-electron chi connectivity index (χ4n) is 1.83. The van der Waals surface area contributed by atoms with Crippen LogP contribution in [-0.2, 0) is 5.54 Å². The lowest BCUT2D eigenvalue weighted by atomic mass is 9.94. The first kappa shape index (κ1) is 15.2. The third-order valence-corrected chi connectivity index (χ3v) is 3.52. The first-order valence-corrected chi connectivity index (χ1v) is 6.92. The maximum Gasteiger partial charge on any atom is 0.433 e. The summed E-state index contributed by atoms with van der Waals surface area (Å²) in [6.45, 7) is 3.68. The van der Waals surface area contributed by atoms with Crippen molar-refractivity contribution < 1.29 is 14.1 Å². The molecule has 0 aliphatic rings. The van der Waals surface area contributed by atoms with Gasteiger partial charge in [-0.1, -0.05) is 28.1 Å². The lowest BCUT2D eigenvalue weighted by molar-refractivity contribution is -0.402. The van der Waals surface area contributed by atoms with Gasteiger partial charge < -0.3 is 9.73 Å². The van der Waals surface area contributed by atoms with Crippen LogP contribution in [-0.4, -0.2) is 10.8 Å². The van der Waals surface area contributed by atoms with Gasteiger partial charge in [0.2, 0.25) is 0 Å². The highest BCUT2D eigenvalue weighted by atomic mass is 79.9. The highest BCUT2D eigenvalue weighted by Gasteiger charge is 2.26. The van der Waals surface area contributed by atoms with Crippen LogP contribution in [0.15, 0.2) is 45.3 Å². The second-order valence-electron chi connectivity index (χ2n) is 4.98. The largest absolute Gasteiger partial charge is 0.433 e. The van der Waals surface area contributed by atoms with Crippen LogP contribution in [0.25, 0.3) is 0 Å². The van der Waals surface area contributed by atoms with E-state index in [1.54, 1.807) is 0 Å². The Bertz CT molecular complexity index is 677. The molecular weight excluding hydrogens is 340 g/mol. The Hall–Kier alpha value is -2.15. The number of halogens is 1. The Kier molecular flexibility index (Phi) is 4.13. The number of hydrogen-bond donors (Lipinski definition) is 1. The van der Waals surface area contributed by atoms with Crippen LogP contribution >= 0.6 is 15.9 Å². The third-order valence-electron chi connectivity index (χ3n) is 2.99. The quantitative estimate of drug-likeness (QED) is 0.672. The molecule has 1 aromatic carbocycles. The monoisotopic (exact) mass is 352 g/mol. The van der Waals surface area contributed by atoms with E-state index in [0.717, 1.165) is 16.1 Å². The summed E-state index contributed by atoms with van der Waals surface area (Å²) in [5.41, 5.74) is 0.263. The number of hydrogen-bond acceptors (Lipinski definition) is 4. The number of furan rings is 1. The van der Waals surface area contributed by atoms with Crippen LogP contribution in [0.2, 0.25) is 0 Å². The molecule has 0 aliphatic heterocycles. The summed E-state index contributed by atoms with van der Waals surface area (Å²) in [6, 6.07) is 9.96. The van der Waals surface area contributed by atoms with E-state index >= 15 is 0 Å². The smallest absolute Gasteiger partial charge is 0.395 e. The van der Waals surface area contributed by atoms with Crippen molar-refractivity contribution in [3.8, 4) is 0 Å². The molecule has 0 unspecified atom stereocenters. The molecule has 0 spiro atoms. The summed E-state index contributed by atoms with van der Waals surface area (Å²) < 4.78 is 5.83. The molecular formula is C14H13BrN2O4. The molecule has 1 aromatic heterocycles. The van der Waals surface area contributed by atoms with E-state index in [1.807, 2.05) is 38.1 Å². The van der Waals surface area contributed by atoms with Gasteiger partial charge in [0.25, 0.3) is 5.91 Å². The highest BCUT2D eigenvalue weighted by Crippen LogP contribution is 2.23. The van der Waals surface area contributed by atoms with Crippen molar-refractivity contribution in [3.05, 3.63) is 62.3 Å². The molecule has 1 amide bonds. The van der Waals surface area contributed by atoms with Crippen molar-refractivity contribution in [2.75, 3.05) is 0 Å². The molecule has 1 heterocycles. The molecule has 0 aliphatic carbocycles. The van der Waals surface area contributed by atoms with Crippen molar-refractivity contribution in [2.24, 2.45) is 0 Å². The van der Waals surface area contributed by atoms with Crippen LogP contribution < -0.4 is 5.32 Å². The van der Waals surface area contributed by atoms with Crippen LogP contribution in [0.4, 0.5) is 5.88 Å². The second kappa shape index (κ2) is 5.69. The zero-order chi connectivity index (χ0) is 15.6. The third kappa shape index (κ3) is 3.49. The number of benzene rings is 1. The van der Waals surface area contributed by atoms with Gasteiger partial charge in [0, 0.05) is 4.47 Å². The van der Waals surface area contributed by atoms with E-state index < -0.39 is 22.3 Å². The molecule has 1 N–H and O–H groups in total. The molecule has 0 bridgehead atoms. The Morgan fingerprint density at radius 2 is 1.86 bits per heavy atom. The number of carbonyl (C=O) groups excluding carboxylic acids is 1. The summed E-state index contributed by atoms with van der Waals surface area (Å²) >= 11 is 3.35. The van der Waals surface area contributed by atoms with Crippen LogP contribution in [0.3, 0.4) is 0 Å². The zero-order valence-corrected chi connectivity index (χ0v) is 13.0. The minimum atomic E-state index is -0.684. The van der Waals surface area contributed by atoms with Gasteiger partial charge in [-0.2, -0.15) is 0 Å². The number of rotatable bonds is 4. The summed E-state index contributed by atoms with van der Waals surface area (Å²) in [7, 11) is 0. The molecule has 2 rings (SSSR count). The Labute approximate surface area is 129 Å². The second-order valence-corrected chi connectivity index (χ2v) is 5.90. The maximum absolute atomic E-state index is 12.1. The zero-order valence-electron chi connectivity index (χ0n) is 11.4. The van der Waals surface area contributed by atoms with Gasteiger partial charge in [-0.15, -0.1) is 0 Å². The van der Waals surface area contributed by atoms with E-state index in [4.69, 9.17) is 4.42 Å². The molecule has 2 aromatic rings. The summed E-state index contributed by atoms with van der Waals surface area (Å²) in [5.74, 6) is -1.05. The van der Waals surface area contributed by atoms with E-state index in [0.29, 0.717) is 0 Å². The molecule has 0 saturated carbocycles. The number of nitrogens with one attached hydrogen (secondary N) is 1. The Balaban J connectivity index is 2.16. The summed E-state index contributed by atoms with van der Waals surface area (Å²) in [5, 5.41) is 13.3. The lowest BCUT2D eigenvalue weighted by Gasteiger charge is -2.26. The molecule has 21 heavy (non-hydrogen) atoms. The minimum absolute atomic E-state index is 0.0908. The molecule has 110 valence electrons. The lowest BCUT2D eigenvalue weighted by Crippen LogP contribution is -2.40. The fraction of sp³-hybridized carbons (Fsp3) is 0.214. The molecule has 0 radical (unpaired) electrons. The number of nitrogens with zero attached hydrogens (tertiary/aromatic N) is 1. The van der Waals surface area contributed by atoms with Crippen molar-refractivity contribution in [1.82, 2.24) is 5.32 Å². The van der Waals surface area contributed by atoms with Crippen molar-refractivity contribution in [1.29, 1.82) is 0 Å². The van der Waals surface area contributed by atoms with Crippen LogP contribution in [0, 0.1) is 10.1 Å². The molecule has 0 fully saturated rings. The molecule has 7 heteroatoms. The standard InChI is InChI=1S/C14H13BrN2O4/c1-14(2,9-3-5-10(15)6-4-9)16-13(18)11-7-8-12(21-11)17(19)20/h3-8H,1-2H3,(H,16,18). The number of nitro groups is 1. The Morgan fingerprint density at radius 1 is 1.24 bits per heavy atom. The normalized spacial score (nSPS) is 11.2.